The average Bonchev–Trinajstić information content (AvgIpc) is 2.58. The van der Waals surface area contributed by atoms with Crippen molar-refractivity contribution in [3.8, 4) is 11.5 Å². The van der Waals surface area contributed by atoms with Crippen molar-refractivity contribution < 1.29 is 14.6 Å². The summed E-state index contributed by atoms with van der Waals surface area (Å²) in [5.41, 5.74) is 0.536. The lowest BCUT2D eigenvalue weighted by molar-refractivity contribution is 0.0322. The first-order valence-electron chi connectivity index (χ1n) is 8.56. The van der Waals surface area contributed by atoms with E-state index in [1.807, 2.05) is 13.8 Å². The zero-order chi connectivity index (χ0) is 17.8. The van der Waals surface area contributed by atoms with E-state index < -0.39 is 0 Å². The molecule has 7 heteroatoms. The third-order valence-corrected chi connectivity index (χ3v) is 4.43. The van der Waals surface area contributed by atoms with Gasteiger partial charge in [0.15, 0.2) is 0 Å². The second-order valence-electron chi connectivity index (χ2n) is 6.40. The molecule has 0 unspecified atom stereocenters. The molecule has 0 aliphatic carbocycles. The number of nitrogens with one attached hydrogen (secondary N) is 1. The molecule has 1 fully saturated rings. The molecular weight excluding hydrogens is 342 g/mol. The number of halogens is 1. The number of hydrogen-bond acceptors (Lipinski definition) is 6. The van der Waals surface area contributed by atoms with Gasteiger partial charge in [-0.1, -0.05) is 11.6 Å². The van der Waals surface area contributed by atoms with E-state index in [-0.39, 0.29) is 11.8 Å². The van der Waals surface area contributed by atoms with Gasteiger partial charge in [0, 0.05) is 37.1 Å². The van der Waals surface area contributed by atoms with Gasteiger partial charge in [-0.3, -0.25) is 4.90 Å². The molecule has 0 spiro atoms. The largest absolute Gasteiger partial charge is 0.507 e. The fourth-order valence-corrected chi connectivity index (χ4v) is 3.07. The lowest BCUT2D eigenvalue weighted by Crippen LogP contribution is -2.38. The summed E-state index contributed by atoms with van der Waals surface area (Å²) < 4.78 is 11.2. The van der Waals surface area contributed by atoms with Gasteiger partial charge in [0.1, 0.15) is 28.9 Å². The predicted octanol–water partition coefficient (Wildman–Crippen LogP) is 3.13. The minimum absolute atomic E-state index is 0.148. The Labute approximate surface area is 152 Å². The van der Waals surface area contributed by atoms with E-state index in [0.717, 1.165) is 32.8 Å². The zero-order valence-electron chi connectivity index (χ0n) is 14.6. The van der Waals surface area contributed by atoms with Crippen molar-refractivity contribution >= 4 is 28.3 Å². The monoisotopic (exact) mass is 365 g/mol. The number of ether oxygens (including phenoxy) is 2. The van der Waals surface area contributed by atoms with Crippen molar-refractivity contribution in [2.45, 2.75) is 19.9 Å². The van der Waals surface area contributed by atoms with Crippen LogP contribution in [0, 0.1) is 0 Å². The highest BCUT2D eigenvalue weighted by Gasteiger charge is 2.14. The summed E-state index contributed by atoms with van der Waals surface area (Å²) in [4.78, 5) is 6.82. The smallest absolute Gasteiger partial charge is 0.140 e. The average molecular weight is 366 g/mol. The highest BCUT2D eigenvalue weighted by Crippen LogP contribution is 2.36. The Morgan fingerprint density at radius 3 is 2.84 bits per heavy atom. The second kappa shape index (κ2) is 8.08. The summed E-state index contributed by atoms with van der Waals surface area (Å²) in [5, 5.41) is 14.4. The number of aromatic nitrogens is 1. The van der Waals surface area contributed by atoms with Crippen LogP contribution in [0.15, 0.2) is 18.2 Å². The summed E-state index contributed by atoms with van der Waals surface area (Å²) >= 11 is 6.48. The number of anilines is 1. The van der Waals surface area contributed by atoms with Crippen LogP contribution in [0.2, 0.25) is 5.02 Å². The topological polar surface area (TPSA) is 66.8 Å². The summed E-state index contributed by atoms with van der Waals surface area (Å²) in [6.45, 7) is 8.78. The van der Waals surface area contributed by atoms with E-state index in [4.69, 9.17) is 21.1 Å². The zero-order valence-corrected chi connectivity index (χ0v) is 15.3. The molecule has 1 aromatic carbocycles. The van der Waals surface area contributed by atoms with E-state index in [9.17, 15) is 5.11 Å². The van der Waals surface area contributed by atoms with E-state index in [0.29, 0.717) is 34.1 Å². The van der Waals surface area contributed by atoms with Gasteiger partial charge in [-0.05, 0) is 26.0 Å². The molecule has 1 aliphatic rings. The van der Waals surface area contributed by atoms with Crippen LogP contribution in [0.3, 0.4) is 0 Å². The van der Waals surface area contributed by atoms with E-state index in [1.165, 1.54) is 0 Å². The number of pyridine rings is 1. The van der Waals surface area contributed by atoms with E-state index >= 15 is 0 Å². The Hall–Kier alpha value is -1.76. The third kappa shape index (κ3) is 4.45. The van der Waals surface area contributed by atoms with Gasteiger partial charge in [-0.15, -0.1) is 0 Å². The number of fused-ring (bicyclic) bond motifs is 1. The van der Waals surface area contributed by atoms with Crippen molar-refractivity contribution in [1.29, 1.82) is 0 Å². The van der Waals surface area contributed by atoms with Crippen molar-refractivity contribution in [3.63, 3.8) is 0 Å². The van der Waals surface area contributed by atoms with Gasteiger partial charge in [0.2, 0.25) is 0 Å². The molecule has 25 heavy (non-hydrogen) atoms. The predicted molar refractivity (Wildman–Crippen MR) is 99.9 cm³/mol. The number of hydrogen-bond donors (Lipinski definition) is 2. The lowest BCUT2D eigenvalue weighted by atomic mass is 10.2. The van der Waals surface area contributed by atoms with Crippen molar-refractivity contribution in [2.75, 3.05) is 44.8 Å². The SMILES string of the molecule is CC(C)Nc1cc(O)c2ccc(OCCN3CCOCC3)c(Cl)c2n1. The third-order valence-electron chi connectivity index (χ3n) is 4.07. The molecule has 136 valence electrons. The van der Waals surface area contributed by atoms with E-state index in [1.54, 1.807) is 18.2 Å². The Bertz CT molecular complexity index is 733. The molecular formula is C18H24ClN3O3. The summed E-state index contributed by atoms with van der Waals surface area (Å²) in [6, 6.07) is 5.38. The molecule has 1 aliphatic heterocycles. The molecule has 0 radical (unpaired) electrons. The molecule has 0 bridgehead atoms. The molecule has 1 saturated heterocycles. The molecule has 2 heterocycles. The van der Waals surface area contributed by atoms with Gasteiger partial charge in [-0.2, -0.15) is 0 Å². The van der Waals surface area contributed by atoms with Crippen LogP contribution < -0.4 is 10.1 Å². The van der Waals surface area contributed by atoms with Crippen molar-refractivity contribution in [1.82, 2.24) is 9.88 Å². The Morgan fingerprint density at radius 2 is 2.12 bits per heavy atom. The molecule has 0 amide bonds. The van der Waals surface area contributed by atoms with Crippen LogP contribution in [0.5, 0.6) is 11.5 Å². The summed E-state index contributed by atoms with van der Waals surface area (Å²) in [5.74, 6) is 1.32. The van der Waals surface area contributed by atoms with Gasteiger partial charge in [-0.25, -0.2) is 4.98 Å². The standard InChI is InChI=1S/C18H24ClN3O3/c1-12(2)20-16-11-14(23)13-3-4-15(17(19)18(13)21-16)25-10-7-22-5-8-24-9-6-22/h3-4,11-12H,5-10H2,1-2H3,(H2,20,21,23). The fourth-order valence-electron chi connectivity index (χ4n) is 2.81. The molecule has 2 N–H and O–H groups in total. The second-order valence-corrected chi connectivity index (χ2v) is 6.78. The first-order chi connectivity index (χ1) is 12.0. The fraction of sp³-hybridized carbons (Fsp3) is 0.500. The van der Waals surface area contributed by atoms with Crippen LogP contribution in [0.1, 0.15) is 13.8 Å². The molecule has 3 rings (SSSR count). The van der Waals surface area contributed by atoms with Crippen LogP contribution in [0.4, 0.5) is 5.82 Å². The lowest BCUT2D eigenvalue weighted by Gasteiger charge is -2.26. The van der Waals surface area contributed by atoms with Gasteiger partial charge in [0.25, 0.3) is 0 Å². The summed E-state index contributed by atoms with van der Waals surface area (Å²) in [6.07, 6.45) is 0. The van der Waals surface area contributed by atoms with Crippen LogP contribution >= 0.6 is 11.6 Å². The van der Waals surface area contributed by atoms with Gasteiger partial charge >= 0.3 is 0 Å². The van der Waals surface area contributed by atoms with Crippen LogP contribution in [0.25, 0.3) is 10.9 Å². The molecule has 0 atom stereocenters. The van der Waals surface area contributed by atoms with Gasteiger partial charge < -0.3 is 19.9 Å². The van der Waals surface area contributed by atoms with Crippen LogP contribution in [-0.2, 0) is 4.74 Å². The normalized spacial score (nSPS) is 15.7. The summed E-state index contributed by atoms with van der Waals surface area (Å²) in [7, 11) is 0. The minimum atomic E-state index is 0.148. The number of nitrogens with zero attached hydrogens (tertiary/aromatic N) is 2. The van der Waals surface area contributed by atoms with Crippen molar-refractivity contribution in [3.05, 3.63) is 23.2 Å². The maximum atomic E-state index is 10.2. The first kappa shape index (κ1) is 18.0. The number of rotatable bonds is 6. The maximum Gasteiger partial charge on any atom is 0.140 e. The highest BCUT2D eigenvalue weighted by molar-refractivity contribution is 6.36. The molecule has 2 aromatic rings. The first-order valence-corrected chi connectivity index (χ1v) is 8.94. The quantitative estimate of drug-likeness (QED) is 0.819. The minimum Gasteiger partial charge on any atom is -0.507 e. The Kier molecular flexibility index (Phi) is 5.83. The molecule has 0 saturated carbocycles. The van der Waals surface area contributed by atoms with Gasteiger partial charge in [0.05, 0.1) is 18.7 Å². The van der Waals surface area contributed by atoms with Crippen LogP contribution in [-0.4, -0.2) is 60.5 Å². The van der Waals surface area contributed by atoms with Crippen molar-refractivity contribution in [2.24, 2.45) is 0 Å². The molecule has 6 nitrogen and oxygen atoms in total. The number of aromatic hydroxyl groups is 1. The number of morpholine rings is 1. The maximum absolute atomic E-state index is 10.2. The molecule has 1 aromatic heterocycles. The Morgan fingerprint density at radius 1 is 1.36 bits per heavy atom. The van der Waals surface area contributed by atoms with E-state index in [2.05, 4.69) is 15.2 Å². The highest BCUT2D eigenvalue weighted by atomic mass is 35.5. The number of benzene rings is 1. The Balaban J connectivity index is 1.75.